The fraction of sp³-hybridized carbons (Fsp3) is 0.238. The van der Waals surface area contributed by atoms with Gasteiger partial charge in [-0.1, -0.05) is 61.5 Å². The van der Waals surface area contributed by atoms with Crippen molar-refractivity contribution in [3.8, 4) is 0 Å². The molecule has 2 aromatic rings. The average molecular weight is 302 g/mol. The van der Waals surface area contributed by atoms with Crippen LogP contribution in [0.25, 0.3) is 0 Å². The van der Waals surface area contributed by atoms with E-state index in [-0.39, 0.29) is 5.41 Å². The molecule has 0 N–H and O–H groups in total. The second-order valence-electron chi connectivity index (χ2n) is 6.45. The van der Waals surface area contributed by atoms with Gasteiger partial charge in [0.2, 0.25) is 0 Å². The molecule has 1 aliphatic rings. The van der Waals surface area contributed by atoms with E-state index in [1.807, 2.05) is 30.3 Å². The molecule has 0 saturated carbocycles. The largest absolute Gasteiger partial charge is 0.151 e. The standard InChI is InChI=1S/C21H22N2/c1-16-14-21(3,18-10-6-4-7-11-18)15-17(2)20(16)23-22-19-12-8-5-9-13-19/h4-14H,15H2,1-3H3. The Hall–Kier alpha value is -2.48. The molecule has 1 atom stereocenters. The first kappa shape index (κ1) is 15.4. The molecule has 116 valence electrons. The van der Waals surface area contributed by atoms with Gasteiger partial charge in [-0.15, -0.1) is 0 Å². The van der Waals surface area contributed by atoms with Crippen LogP contribution in [-0.4, -0.2) is 0 Å². The van der Waals surface area contributed by atoms with Crippen LogP contribution in [-0.2, 0) is 5.41 Å². The quantitative estimate of drug-likeness (QED) is 0.590. The van der Waals surface area contributed by atoms with Crippen LogP contribution in [0.15, 0.2) is 93.8 Å². The number of rotatable bonds is 3. The zero-order valence-electron chi connectivity index (χ0n) is 14.0. The van der Waals surface area contributed by atoms with E-state index in [1.165, 1.54) is 16.7 Å². The van der Waals surface area contributed by atoms with Crippen molar-refractivity contribution in [2.24, 2.45) is 10.2 Å². The molecule has 0 spiro atoms. The fourth-order valence-corrected chi connectivity index (χ4v) is 3.34. The minimum atomic E-state index is 0.0290. The number of nitrogens with zero attached hydrogens (tertiary/aromatic N) is 2. The third-order valence-corrected chi connectivity index (χ3v) is 4.40. The van der Waals surface area contributed by atoms with Gasteiger partial charge in [0, 0.05) is 5.41 Å². The predicted molar refractivity (Wildman–Crippen MR) is 95.8 cm³/mol. The smallest absolute Gasteiger partial charge is 0.0872 e. The molecule has 0 amide bonds. The molecule has 0 aromatic heterocycles. The maximum absolute atomic E-state index is 4.51. The van der Waals surface area contributed by atoms with Gasteiger partial charge in [0.25, 0.3) is 0 Å². The summed E-state index contributed by atoms with van der Waals surface area (Å²) in [7, 11) is 0. The van der Waals surface area contributed by atoms with E-state index in [0.717, 1.165) is 17.8 Å². The number of azo groups is 1. The van der Waals surface area contributed by atoms with Crippen molar-refractivity contribution in [3.05, 3.63) is 89.1 Å². The lowest BCUT2D eigenvalue weighted by Gasteiger charge is -2.32. The molecule has 1 unspecified atom stereocenters. The molecule has 0 heterocycles. The van der Waals surface area contributed by atoms with Crippen molar-refractivity contribution in [1.29, 1.82) is 0 Å². The van der Waals surface area contributed by atoms with E-state index in [2.05, 4.69) is 67.4 Å². The Labute approximate surface area is 138 Å². The van der Waals surface area contributed by atoms with Gasteiger partial charge in [-0.05, 0) is 49.1 Å². The van der Waals surface area contributed by atoms with Gasteiger partial charge in [-0.25, -0.2) is 0 Å². The summed E-state index contributed by atoms with van der Waals surface area (Å²) in [5.74, 6) is 0. The SMILES string of the molecule is CC1=CC(C)(c2ccccc2)CC(C)=C1N=Nc1ccccc1. The second-order valence-corrected chi connectivity index (χ2v) is 6.45. The first-order chi connectivity index (χ1) is 11.1. The highest BCUT2D eigenvalue weighted by Crippen LogP contribution is 2.40. The van der Waals surface area contributed by atoms with Gasteiger partial charge in [-0.2, -0.15) is 10.2 Å². The molecule has 2 heteroatoms. The molecule has 0 bridgehead atoms. The summed E-state index contributed by atoms with van der Waals surface area (Å²) in [6.45, 7) is 6.58. The van der Waals surface area contributed by atoms with Crippen molar-refractivity contribution in [1.82, 2.24) is 0 Å². The van der Waals surface area contributed by atoms with Gasteiger partial charge < -0.3 is 0 Å². The number of allylic oxidation sites excluding steroid dienone is 3. The minimum absolute atomic E-state index is 0.0290. The minimum Gasteiger partial charge on any atom is -0.151 e. The van der Waals surface area contributed by atoms with Gasteiger partial charge in [0.1, 0.15) is 0 Å². The predicted octanol–water partition coefficient (Wildman–Crippen LogP) is 6.35. The van der Waals surface area contributed by atoms with Crippen LogP contribution < -0.4 is 0 Å². The third-order valence-electron chi connectivity index (χ3n) is 4.40. The van der Waals surface area contributed by atoms with Gasteiger partial charge in [0.05, 0.1) is 11.4 Å². The van der Waals surface area contributed by atoms with Gasteiger partial charge >= 0.3 is 0 Å². The summed E-state index contributed by atoms with van der Waals surface area (Å²) in [6.07, 6.45) is 3.30. The first-order valence-corrected chi connectivity index (χ1v) is 8.00. The topological polar surface area (TPSA) is 24.7 Å². The van der Waals surface area contributed by atoms with Crippen LogP contribution >= 0.6 is 0 Å². The molecule has 1 aliphatic carbocycles. The lowest BCUT2D eigenvalue weighted by atomic mass is 9.72. The lowest BCUT2D eigenvalue weighted by Crippen LogP contribution is -2.23. The molecule has 3 rings (SSSR count). The molecule has 0 fully saturated rings. The van der Waals surface area contributed by atoms with E-state index in [4.69, 9.17) is 0 Å². The first-order valence-electron chi connectivity index (χ1n) is 8.00. The zero-order valence-corrected chi connectivity index (χ0v) is 14.0. The van der Waals surface area contributed by atoms with Crippen molar-refractivity contribution in [2.45, 2.75) is 32.6 Å². The van der Waals surface area contributed by atoms with E-state index >= 15 is 0 Å². The molecular formula is C21H22N2. The summed E-state index contributed by atoms with van der Waals surface area (Å²) in [5, 5.41) is 8.89. The molecule has 2 aromatic carbocycles. The van der Waals surface area contributed by atoms with Crippen LogP contribution in [0.3, 0.4) is 0 Å². The van der Waals surface area contributed by atoms with Gasteiger partial charge in [-0.3, -0.25) is 0 Å². The van der Waals surface area contributed by atoms with E-state index in [0.29, 0.717) is 0 Å². The van der Waals surface area contributed by atoms with E-state index < -0.39 is 0 Å². The summed E-state index contributed by atoms with van der Waals surface area (Å²) in [4.78, 5) is 0. The Bertz CT molecular complexity index is 770. The molecule has 23 heavy (non-hydrogen) atoms. The maximum atomic E-state index is 4.51. The molecule has 0 aliphatic heterocycles. The number of hydrogen-bond donors (Lipinski definition) is 0. The summed E-state index contributed by atoms with van der Waals surface area (Å²) in [6, 6.07) is 20.6. The number of benzene rings is 2. The Kier molecular flexibility index (Phi) is 4.24. The second kappa shape index (κ2) is 6.33. The third kappa shape index (κ3) is 3.31. The zero-order chi connectivity index (χ0) is 16.3. The molecular weight excluding hydrogens is 280 g/mol. The Morgan fingerprint density at radius 3 is 2.04 bits per heavy atom. The van der Waals surface area contributed by atoms with Crippen molar-refractivity contribution in [3.63, 3.8) is 0 Å². The maximum Gasteiger partial charge on any atom is 0.0872 e. The Balaban J connectivity index is 1.89. The highest BCUT2D eigenvalue weighted by atomic mass is 15.1. The van der Waals surface area contributed by atoms with Gasteiger partial charge in [0.15, 0.2) is 0 Å². The lowest BCUT2D eigenvalue weighted by molar-refractivity contribution is 0.569. The number of hydrogen-bond acceptors (Lipinski definition) is 2. The van der Waals surface area contributed by atoms with Crippen LogP contribution in [0.2, 0.25) is 0 Å². The normalized spacial score (nSPS) is 21.6. The fourth-order valence-electron chi connectivity index (χ4n) is 3.34. The van der Waals surface area contributed by atoms with Crippen LogP contribution in [0, 0.1) is 0 Å². The summed E-state index contributed by atoms with van der Waals surface area (Å²) >= 11 is 0. The highest BCUT2D eigenvalue weighted by Gasteiger charge is 2.29. The average Bonchev–Trinajstić information content (AvgIpc) is 2.56. The Morgan fingerprint density at radius 1 is 0.826 bits per heavy atom. The van der Waals surface area contributed by atoms with E-state index in [1.54, 1.807) is 0 Å². The summed E-state index contributed by atoms with van der Waals surface area (Å²) in [5.41, 5.74) is 5.76. The molecule has 0 radical (unpaired) electrons. The monoisotopic (exact) mass is 302 g/mol. The van der Waals surface area contributed by atoms with E-state index in [9.17, 15) is 0 Å². The van der Waals surface area contributed by atoms with Crippen molar-refractivity contribution < 1.29 is 0 Å². The molecule has 0 saturated heterocycles. The summed E-state index contributed by atoms with van der Waals surface area (Å²) < 4.78 is 0. The van der Waals surface area contributed by atoms with Crippen LogP contribution in [0.5, 0.6) is 0 Å². The highest BCUT2D eigenvalue weighted by molar-refractivity contribution is 5.45. The molecule has 2 nitrogen and oxygen atoms in total. The van der Waals surface area contributed by atoms with Crippen molar-refractivity contribution in [2.75, 3.05) is 0 Å². The van der Waals surface area contributed by atoms with Crippen LogP contribution in [0.1, 0.15) is 32.8 Å². The van der Waals surface area contributed by atoms with Crippen LogP contribution in [0.4, 0.5) is 5.69 Å². The Morgan fingerprint density at radius 2 is 1.43 bits per heavy atom. The van der Waals surface area contributed by atoms with Crippen molar-refractivity contribution >= 4 is 5.69 Å².